The molecule has 5 heteroatoms. The zero-order valence-corrected chi connectivity index (χ0v) is 21.0. The summed E-state index contributed by atoms with van der Waals surface area (Å²) in [4.78, 5) is 15.7. The number of hydrogen-bond donors (Lipinski definition) is 0. The number of carbonyl (C=O) groups excluding carboxylic acids is 1. The van der Waals surface area contributed by atoms with Gasteiger partial charge in [0, 0.05) is 41.2 Å². The third kappa shape index (κ3) is 3.75. The number of hydrogen-bond acceptors (Lipinski definition) is 3. The van der Waals surface area contributed by atoms with Crippen LogP contribution in [-0.4, -0.2) is 36.1 Å². The van der Waals surface area contributed by atoms with Gasteiger partial charge in [-0.1, -0.05) is 50.2 Å². The number of para-hydroxylation sites is 1. The van der Waals surface area contributed by atoms with E-state index < -0.39 is 0 Å². The van der Waals surface area contributed by atoms with Gasteiger partial charge in [0.15, 0.2) is 0 Å². The lowest BCUT2D eigenvalue weighted by atomic mass is 9.92. The maximum absolute atomic E-state index is 13.7. The second kappa shape index (κ2) is 9.14. The average Bonchev–Trinajstić information content (AvgIpc) is 3.32. The van der Waals surface area contributed by atoms with Crippen LogP contribution in [0.15, 0.2) is 66.7 Å². The normalized spacial score (nSPS) is 15.2. The van der Waals surface area contributed by atoms with Gasteiger partial charge in [-0.2, -0.15) is 0 Å². The molecule has 0 bridgehead atoms. The van der Waals surface area contributed by atoms with E-state index in [1.54, 1.807) is 14.2 Å². The lowest BCUT2D eigenvalue weighted by molar-refractivity contribution is 0.0742. The van der Waals surface area contributed by atoms with Gasteiger partial charge in [-0.25, -0.2) is 0 Å². The summed E-state index contributed by atoms with van der Waals surface area (Å²) >= 11 is 0. The molecule has 2 heterocycles. The maximum atomic E-state index is 13.7. The monoisotopic (exact) mass is 468 g/mol. The molecule has 35 heavy (non-hydrogen) atoms. The van der Waals surface area contributed by atoms with Gasteiger partial charge in [-0.3, -0.25) is 4.79 Å². The Bertz CT molecular complexity index is 1400. The molecule has 0 aliphatic carbocycles. The molecule has 3 aromatic carbocycles. The fourth-order valence-electron chi connectivity index (χ4n) is 5.33. The fourth-order valence-corrected chi connectivity index (χ4v) is 5.33. The van der Waals surface area contributed by atoms with Crippen LogP contribution in [0.1, 0.15) is 47.8 Å². The second-order valence-corrected chi connectivity index (χ2v) is 9.58. The van der Waals surface area contributed by atoms with Crippen LogP contribution >= 0.6 is 0 Å². The van der Waals surface area contributed by atoms with Crippen molar-refractivity contribution in [1.29, 1.82) is 0 Å². The first kappa shape index (κ1) is 23.0. The lowest BCUT2D eigenvalue weighted by Crippen LogP contribution is -2.30. The van der Waals surface area contributed by atoms with Crippen LogP contribution in [0.25, 0.3) is 22.2 Å². The van der Waals surface area contributed by atoms with Crippen molar-refractivity contribution in [3.05, 3.63) is 83.4 Å². The third-order valence-electron chi connectivity index (χ3n) is 7.09. The zero-order valence-electron chi connectivity index (χ0n) is 21.0. The van der Waals surface area contributed by atoms with E-state index in [4.69, 9.17) is 9.47 Å². The summed E-state index contributed by atoms with van der Waals surface area (Å²) < 4.78 is 13.6. The minimum absolute atomic E-state index is 0.0998. The van der Waals surface area contributed by atoms with Gasteiger partial charge < -0.3 is 18.9 Å². The van der Waals surface area contributed by atoms with Gasteiger partial charge in [0.1, 0.15) is 11.5 Å². The third-order valence-corrected chi connectivity index (χ3v) is 7.09. The molecule has 0 fully saturated rings. The summed E-state index contributed by atoms with van der Waals surface area (Å²) in [6.07, 6.45) is 0.943. The Morgan fingerprint density at radius 2 is 1.66 bits per heavy atom. The lowest BCUT2D eigenvalue weighted by Gasteiger charge is -2.28. The van der Waals surface area contributed by atoms with Gasteiger partial charge >= 0.3 is 0 Å². The molecule has 0 saturated heterocycles. The van der Waals surface area contributed by atoms with E-state index in [0.29, 0.717) is 12.5 Å². The number of aryl methyl sites for hydroxylation is 1. The molecule has 5 nitrogen and oxygen atoms in total. The Hall–Kier alpha value is -3.73. The van der Waals surface area contributed by atoms with Crippen molar-refractivity contribution in [3.63, 3.8) is 0 Å². The van der Waals surface area contributed by atoms with E-state index in [1.807, 2.05) is 36.4 Å². The van der Waals surface area contributed by atoms with Crippen LogP contribution in [0.2, 0.25) is 0 Å². The molecule has 1 aliphatic heterocycles. The Balaban J connectivity index is 1.83. The Kier molecular flexibility index (Phi) is 6.01. The quantitative estimate of drug-likeness (QED) is 0.313. The number of amides is 1. The first-order valence-electron chi connectivity index (χ1n) is 12.2. The van der Waals surface area contributed by atoms with Gasteiger partial charge in [-0.05, 0) is 48.2 Å². The number of carbonyl (C=O) groups is 1. The number of nitrogens with zero attached hydrogens (tertiary/aromatic N) is 2. The molecule has 0 saturated carbocycles. The minimum atomic E-state index is -0.186. The summed E-state index contributed by atoms with van der Waals surface area (Å²) in [6.45, 7) is 5.11. The number of methoxy groups -OCH3 is 2. The van der Waals surface area contributed by atoms with Crippen molar-refractivity contribution in [2.45, 2.75) is 26.3 Å². The molecule has 0 radical (unpaired) electrons. The van der Waals surface area contributed by atoms with E-state index in [1.165, 1.54) is 0 Å². The van der Waals surface area contributed by atoms with E-state index in [2.05, 4.69) is 60.7 Å². The van der Waals surface area contributed by atoms with Gasteiger partial charge in [0.25, 0.3) is 5.91 Å². The van der Waals surface area contributed by atoms with Gasteiger partial charge in [-0.15, -0.1) is 0 Å². The highest BCUT2D eigenvalue weighted by molar-refractivity contribution is 6.02. The molecule has 4 aromatic rings. The van der Waals surface area contributed by atoms with Crippen LogP contribution in [0.3, 0.4) is 0 Å². The Morgan fingerprint density at radius 1 is 0.914 bits per heavy atom. The first-order valence-corrected chi connectivity index (χ1v) is 12.2. The highest BCUT2D eigenvalue weighted by atomic mass is 16.5. The number of fused-ring (bicyclic) bond motifs is 2. The van der Waals surface area contributed by atoms with E-state index in [-0.39, 0.29) is 11.9 Å². The van der Waals surface area contributed by atoms with E-state index in [9.17, 15) is 4.79 Å². The molecule has 1 unspecified atom stereocenters. The summed E-state index contributed by atoms with van der Waals surface area (Å²) in [5, 5.41) is 1.14. The molecule has 1 aromatic heterocycles. The smallest absolute Gasteiger partial charge is 0.255 e. The Labute approximate surface area is 206 Å². The standard InChI is InChI=1S/C30H32N2O3/c1-19(2)16-17-32-29(21-10-6-7-11-22(21)30(32)33)27-23-12-8-9-13-25(23)31(3)28(27)24-18-20(34-4)14-15-26(24)35-5/h6-15,18-19,29H,16-17H2,1-5H3. The predicted octanol–water partition coefficient (Wildman–Crippen LogP) is 6.45. The summed E-state index contributed by atoms with van der Waals surface area (Å²) in [6, 6.07) is 22.2. The van der Waals surface area contributed by atoms with Crippen molar-refractivity contribution in [3.8, 4) is 22.8 Å². The molecule has 5 rings (SSSR count). The highest BCUT2D eigenvalue weighted by Gasteiger charge is 2.40. The maximum Gasteiger partial charge on any atom is 0.255 e. The molecule has 1 atom stereocenters. The predicted molar refractivity (Wildman–Crippen MR) is 140 cm³/mol. The molecule has 0 N–H and O–H groups in total. The molecular formula is C30H32N2O3. The van der Waals surface area contributed by atoms with Crippen molar-refractivity contribution in [1.82, 2.24) is 9.47 Å². The van der Waals surface area contributed by atoms with Gasteiger partial charge in [0.05, 0.1) is 26.0 Å². The van der Waals surface area contributed by atoms with Gasteiger partial charge in [0.2, 0.25) is 0 Å². The molecular weight excluding hydrogens is 436 g/mol. The van der Waals surface area contributed by atoms with Crippen molar-refractivity contribution >= 4 is 16.8 Å². The number of aromatic nitrogens is 1. The number of rotatable bonds is 7. The molecule has 1 aliphatic rings. The topological polar surface area (TPSA) is 43.7 Å². The number of ether oxygens (including phenoxy) is 2. The van der Waals surface area contributed by atoms with E-state index >= 15 is 0 Å². The van der Waals surface area contributed by atoms with Crippen molar-refractivity contribution in [2.24, 2.45) is 13.0 Å². The average molecular weight is 469 g/mol. The zero-order chi connectivity index (χ0) is 24.7. The summed E-state index contributed by atoms with van der Waals surface area (Å²) in [5.41, 5.74) is 6.06. The number of benzene rings is 3. The first-order chi connectivity index (χ1) is 17.0. The summed E-state index contributed by atoms with van der Waals surface area (Å²) in [7, 11) is 5.45. The fraction of sp³-hybridized carbons (Fsp3) is 0.300. The molecule has 0 spiro atoms. The molecule has 1 amide bonds. The summed E-state index contributed by atoms with van der Waals surface area (Å²) in [5.74, 6) is 2.13. The Morgan fingerprint density at radius 3 is 2.40 bits per heavy atom. The molecule has 180 valence electrons. The largest absolute Gasteiger partial charge is 0.497 e. The van der Waals surface area contributed by atoms with Crippen LogP contribution in [0, 0.1) is 5.92 Å². The minimum Gasteiger partial charge on any atom is -0.497 e. The van der Waals surface area contributed by atoms with Crippen LogP contribution < -0.4 is 9.47 Å². The SMILES string of the molecule is COc1ccc(OC)c(-c2c(C3c4ccccc4C(=O)N3CCC(C)C)c3ccccc3n2C)c1. The highest BCUT2D eigenvalue weighted by Crippen LogP contribution is 2.48. The second-order valence-electron chi connectivity index (χ2n) is 9.58. The van der Waals surface area contributed by atoms with Crippen LogP contribution in [0.5, 0.6) is 11.5 Å². The van der Waals surface area contributed by atoms with Crippen LogP contribution in [0.4, 0.5) is 0 Å². The van der Waals surface area contributed by atoms with Crippen molar-refractivity contribution < 1.29 is 14.3 Å². The van der Waals surface area contributed by atoms with Crippen molar-refractivity contribution in [2.75, 3.05) is 20.8 Å². The van der Waals surface area contributed by atoms with Crippen LogP contribution in [-0.2, 0) is 7.05 Å². The van der Waals surface area contributed by atoms with E-state index in [0.717, 1.165) is 56.8 Å².